The van der Waals surface area contributed by atoms with Crippen LogP contribution >= 0.6 is 0 Å². The minimum atomic E-state index is 0.0801. The Morgan fingerprint density at radius 2 is 1.85 bits per heavy atom. The lowest BCUT2D eigenvalue weighted by molar-refractivity contribution is -0.139. The smallest absolute Gasteiger partial charge is 0.246 e. The van der Waals surface area contributed by atoms with Gasteiger partial charge in [0.15, 0.2) is 0 Å². The van der Waals surface area contributed by atoms with Crippen molar-refractivity contribution >= 4 is 17.5 Å². The molecule has 5 nitrogen and oxygen atoms in total. The number of carbonyl (C=O) groups excluding carboxylic acids is 2. The molecule has 3 saturated carbocycles. The van der Waals surface area contributed by atoms with Gasteiger partial charge in [0.05, 0.1) is 7.11 Å². The molecule has 1 heterocycles. The molecule has 2 amide bonds. The Balaban J connectivity index is 1.29. The lowest BCUT2D eigenvalue weighted by Gasteiger charge is -2.60. The fraction of sp³-hybridized carbons (Fsp3) is 0.643. The van der Waals surface area contributed by atoms with Crippen LogP contribution in [0.4, 0.5) is 5.69 Å². The van der Waals surface area contributed by atoms with Crippen LogP contribution in [-0.4, -0.2) is 36.9 Å². The molecule has 5 heteroatoms. The lowest BCUT2D eigenvalue weighted by atomic mass is 9.47. The van der Waals surface area contributed by atoms with E-state index in [-0.39, 0.29) is 22.6 Å². The minimum Gasteiger partial charge on any atom is -0.497 e. The highest BCUT2D eigenvalue weighted by molar-refractivity contribution is 5.91. The fourth-order valence-corrected chi connectivity index (χ4v) is 8.29. The Bertz CT molecular complexity index is 956. The zero-order valence-corrected chi connectivity index (χ0v) is 20.5. The van der Waals surface area contributed by atoms with Crippen LogP contribution in [0.5, 0.6) is 5.75 Å². The number of likely N-dealkylation sites (N-methyl/N-ethyl adjacent to an activating group) is 1. The molecule has 178 valence electrons. The molecule has 0 radical (unpaired) electrons. The van der Waals surface area contributed by atoms with Crippen molar-refractivity contribution in [2.75, 3.05) is 19.5 Å². The van der Waals surface area contributed by atoms with Crippen LogP contribution in [0, 0.1) is 34.5 Å². The zero-order chi connectivity index (χ0) is 23.4. The molecule has 3 aliphatic carbocycles. The van der Waals surface area contributed by atoms with Crippen molar-refractivity contribution in [3.8, 4) is 5.75 Å². The van der Waals surface area contributed by atoms with Gasteiger partial charge >= 0.3 is 0 Å². The third-order valence-electron chi connectivity index (χ3n) is 10.1. The quantitative estimate of drug-likeness (QED) is 0.679. The van der Waals surface area contributed by atoms with Gasteiger partial charge in [-0.1, -0.05) is 19.9 Å². The van der Waals surface area contributed by atoms with Crippen LogP contribution in [-0.2, 0) is 9.59 Å². The predicted molar refractivity (Wildman–Crippen MR) is 130 cm³/mol. The second-order valence-electron chi connectivity index (χ2n) is 11.4. The number of nitrogens with one attached hydrogen (secondary N) is 1. The van der Waals surface area contributed by atoms with Crippen LogP contribution in [0.2, 0.25) is 0 Å². The predicted octanol–water partition coefficient (Wildman–Crippen LogP) is 5.28. The summed E-state index contributed by atoms with van der Waals surface area (Å²) in [5, 5.41) is 3.10. The maximum Gasteiger partial charge on any atom is 0.246 e. The summed E-state index contributed by atoms with van der Waals surface area (Å²) >= 11 is 0. The van der Waals surface area contributed by atoms with Gasteiger partial charge in [-0.2, -0.15) is 0 Å². The first kappa shape index (κ1) is 22.5. The molecular formula is C28H38N2O3. The highest BCUT2D eigenvalue weighted by Crippen LogP contribution is 2.65. The van der Waals surface area contributed by atoms with Crippen LogP contribution in [0.15, 0.2) is 36.4 Å². The summed E-state index contributed by atoms with van der Waals surface area (Å²) in [4.78, 5) is 27.2. The zero-order valence-electron chi connectivity index (χ0n) is 20.5. The number of hydrogen-bond acceptors (Lipinski definition) is 3. The topological polar surface area (TPSA) is 58.6 Å². The number of ether oxygens (including phenoxy) is 1. The molecule has 1 aromatic rings. The molecule has 5 rings (SSSR count). The number of rotatable bonds is 4. The van der Waals surface area contributed by atoms with E-state index >= 15 is 0 Å². The second-order valence-corrected chi connectivity index (χ2v) is 11.4. The van der Waals surface area contributed by atoms with Crippen LogP contribution < -0.4 is 10.1 Å². The number of carbonyl (C=O) groups is 2. The number of nitrogens with zero attached hydrogens (tertiary/aromatic N) is 1. The molecular weight excluding hydrogens is 412 g/mol. The van der Waals surface area contributed by atoms with E-state index in [1.807, 2.05) is 42.3 Å². The average Bonchev–Trinajstić information content (AvgIpc) is 3.13. The van der Waals surface area contributed by atoms with E-state index in [1.54, 1.807) is 7.11 Å². The molecule has 1 N–H and O–H groups in total. The Hall–Kier alpha value is -2.30. The number of hydrogen-bond donors (Lipinski definition) is 1. The SMILES string of the molecule is COc1ccc(NC(=O)C[C@H]2CC[C@H]3[C@@H]4CC[C@H]5N(C)C(=O)C=C[C@]5(C)[C@H]4CC[C@]23C)cc1. The maximum atomic E-state index is 12.9. The Labute approximate surface area is 197 Å². The first-order valence-electron chi connectivity index (χ1n) is 12.7. The van der Waals surface area contributed by atoms with E-state index in [0.717, 1.165) is 24.3 Å². The van der Waals surface area contributed by atoms with Gasteiger partial charge < -0.3 is 15.0 Å². The number of methoxy groups -OCH3 is 1. The summed E-state index contributed by atoms with van der Waals surface area (Å²) in [5.41, 5.74) is 1.15. The Morgan fingerprint density at radius 1 is 1.09 bits per heavy atom. The maximum absolute atomic E-state index is 12.9. The highest BCUT2D eigenvalue weighted by Gasteiger charge is 2.60. The van der Waals surface area contributed by atoms with Crippen molar-refractivity contribution in [1.29, 1.82) is 0 Å². The largest absolute Gasteiger partial charge is 0.497 e. The van der Waals surface area contributed by atoms with Crippen LogP contribution in [0.1, 0.15) is 58.8 Å². The van der Waals surface area contributed by atoms with Gasteiger partial charge in [-0.3, -0.25) is 9.59 Å². The lowest BCUT2D eigenvalue weighted by Crippen LogP contribution is -2.59. The number of anilines is 1. The average molecular weight is 451 g/mol. The monoisotopic (exact) mass is 450 g/mol. The van der Waals surface area contributed by atoms with E-state index in [2.05, 4.69) is 25.2 Å². The van der Waals surface area contributed by atoms with Gasteiger partial charge in [0.2, 0.25) is 11.8 Å². The first-order valence-corrected chi connectivity index (χ1v) is 12.7. The Kier molecular flexibility index (Phi) is 5.57. The fourth-order valence-electron chi connectivity index (χ4n) is 8.29. The number of amides is 2. The Morgan fingerprint density at radius 3 is 2.58 bits per heavy atom. The van der Waals surface area contributed by atoms with Gasteiger partial charge in [-0.15, -0.1) is 0 Å². The molecule has 0 bridgehead atoms. The molecule has 0 aromatic heterocycles. The van der Waals surface area contributed by atoms with E-state index in [1.165, 1.54) is 25.7 Å². The van der Waals surface area contributed by atoms with Crippen molar-refractivity contribution in [2.45, 2.75) is 64.8 Å². The van der Waals surface area contributed by atoms with Crippen molar-refractivity contribution in [2.24, 2.45) is 34.5 Å². The van der Waals surface area contributed by atoms with E-state index in [4.69, 9.17) is 4.74 Å². The van der Waals surface area contributed by atoms with Crippen molar-refractivity contribution in [3.05, 3.63) is 36.4 Å². The second kappa shape index (κ2) is 8.18. The van der Waals surface area contributed by atoms with Crippen molar-refractivity contribution < 1.29 is 14.3 Å². The van der Waals surface area contributed by atoms with Crippen molar-refractivity contribution in [1.82, 2.24) is 4.90 Å². The van der Waals surface area contributed by atoms with Gasteiger partial charge in [-0.25, -0.2) is 0 Å². The highest BCUT2D eigenvalue weighted by atomic mass is 16.5. The summed E-state index contributed by atoms with van der Waals surface area (Å²) in [5.74, 6) is 3.53. The third-order valence-corrected chi connectivity index (χ3v) is 10.1. The molecule has 33 heavy (non-hydrogen) atoms. The summed E-state index contributed by atoms with van der Waals surface area (Å²) in [6.45, 7) is 4.86. The van der Waals surface area contributed by atoms with Crippen LogP contribution in [0.25, 0.3) is 0 Å². The molecule has 7 atom stereocenters. The third kappa shape index (κ3) is 3.59. The van der Waals surface area contributed by atoms with Crippen molar-refractivity contribution in [3.63, 3.8) is 0 Å². The number of fused-ring (bicyclic) bond motifs is 5. The molecule has 0 saturated heterocycles. The number of benzene rings is 1. The molecule has 0 unspecified atom stereocenters. The molecule has 3 fully saturated rings. The van der Waals surface area contributed by atoms with Gasteiger partial charge in [-0.05, 0) is 98.0 Å². The minimum absolute atomic E-state index is 0.0801. The summed E-state index contributed by atoms with van der Waals surface area (Å²) in [7, 11) is 3.63. The first-order chi connectivity index (χ1) is 15.8. The van der Waals surface area contributed by atoms with E-state index in [9.17, 15) is 9.59 Å². The summed E-state index contributed by atoms with van der Waals surface area (Å²) in [6, 6.07) is 7.89. The summed E-state index contributed by atoms with van der Waals surface area (Å²) < 4.78 is 5.21. The molecule has 4 aliphatic rings. The molecule has 1 aromatic carbocycles. The normalized spacial score (nSPS) is 39.5. The summed E-state index contributed by atoms with van der Waals surface area (Å²) in [6.07, 6.45) is 11.7. The standard InChI is InChI=1S/C28H38N2O3/c1-27-15-13-23-21(10-12-24-28(23,2)16-14-26(32)30(24)3)22(27)11-5-18(27)17-25(31)29-19-6-8-20(33-4)9-7-19/h6-9,14,16,18,21-24H,5,10-13,15,17H2,1-4H3,(H,29,31)/t18-,21+,22+,23+,24-,27-,28-/m1/s1. The molecule has 1 aliphatic heterocycles. The van der Waals surface area contributed by atoms with Gasteiger partial charge in [0, 0.05) is 30.6 Å². The van der Waals surface area contributed by atoms with Gasteiger partial charge in [0.25, 0.3) is 0 Å². The van der Waals surface area contributed by atoms with E-state index in [0.29, 0.717) is 36.1 Å². The van der Waals surface area contributed by atoms with Gasteiger partial charge in [0.1, 0.15) is 5.75 Å². The molecule has 0 spiro atoms. The van der Waals surface area contributed by atoms with Crippen LogP contribution in [0.3, 0.4) is 0 Å². The van der Waals surface area contributed by atoms with E-state index < -0.39 is 0 Å².